The number of amides is 2. The standard InChI is InChI=1S/C14H21N3O3.ClH/c1-2-3-12(15)14(20)17-9-8-16-13(19)10-4-6-11(18)7-5-10;/h4-7,12,18H,2-3,8-9,15H2,1H3,(H,16,19)(H,17,20);1H. The highest BCUT2D eigenvalue weighted by molar-refractivity contribution is 5.94. The van der Waals surface area contributed by atoms with Gasteiger partial charge < -0.3 is 21.5 Å². The lowest BCUT2D eigenvalue weighted by Crippen LogP contribution is -2.43. The molecule has 21 heavy (non-hydrogen) atoms. The van der Waals surface area contributed by atoms with Gasteiger partial charge in [-0.05, 0) is 30.7 Å². The minimum atomic E-state index is -0.493. The van der Waals surface area contributed by atoms with Gasteiger partial charge in [0.2, 0.25) is 5.91 Å². The maximum Gasteiger partial charge on any atom is 0.251 e. The Morgan fingerprint density at radius 1 is 1.19 bits per heavy atom. The number of hydrogen-bond acceptors (Lipinski definition) is 4. The molecule has 6 nitrogen and oxygen atoms in total. The Morgan fingerprint density at radius 2 is 1.76 bits per heavy atom. The van der Waals surface area contributed by atoms with Crippen LogP contribution in [0.25, 0.3) is 0 Å². The highest BCUT2D eigenvalue weighted by Gasteiger charge is 2.11. The summed E-state index contributed by atoms with van der Waals surface area (Å²) in [6.07, 6.45) is 1.50. The number of halogens is 1. The lowest BCUT2D eigenvalue weighted by Gasteiger charge is -2.11. The number of benzene rings is 1. The fraction of sp³-hybridized carbons (Fsp3) is 0.429. The molecule has 1 aromatic carbocycles. The molecule has 0 aromatic heterocycles. The lowest BCUT2D eigenvalue weighted by atomic mass is 10.2. The van der Waals surface area contributed by atoms with Crippen LogP contribution in [0, 0.1) is 0 Å². The molecule has 0 saturated heterocycles. The Kier molecular flexibility index (Phi) is 9.16. The zero-order chi connectivity index (χ0) is 15.0. The molecular weight excluding hydrogens is 294 g/mol. The van der Waals surface area contributed by atoms with E-state index in [0.717, 1.165) is 6.42 Å². The van der Waals surface area contributed by atoms with Crippen LogP contribution in [-0.4, -0.2) is 36.1 Å². The molecule has 0 heterocycles. The van der Waals surface area contributed by atoms with Crippen LogP contribution in [0.3, 0.4) is 0 Å². The molecule has 0 aliphatic heterocycles. The van der Waals surface area contributed by atoms with Gasteiger partial charge in [-0.2, -0.15) is 0 Å². The van der Waals surface area contributed by atoms with E-state index in [0.29, 0.717) is 25.1 Å². The molecule has 0 aliphatic rings. The normalized spacial score (nSPS) is 11.1. The first-order chi connectivity index (χ1) is 9.54. The van der Waals surface area contributed by atoms with Crippen LogP contribution in [0.2, 0.25) is 0 Å². The van der Waals surface area contributed by atoms with Crippen LogP contribution in [-0.2, 0) is 4.79 Å². The molecule has 0 radical (unpaired) electrons. The Morgan fingerprint density at radius 3 is 2.33 bits per heavy atom. The number of carbonyl (C=O) groups is 2. The highest BCUT2D eigenvalue weighted by atomic mass is 35.5. The second kappa shape index (κ2) is 10.0. The maximum absolute atomic E-state index is 11.7. The van der Waals surface area contributed by atoms with Gasteiger partial charge in [0.05, 0.1) is 6.04 Å². The maximum atomic E-state index is 11.7. The fourth-order valence-electron chi connectivity index (χ4n) is 1.65. The Balaban J connectivity index is 0.00000400. The topological polar surface area (TPSA) is 104 Å². The van der Waals surface area contributed by atoms with Gasteiger partial charge in [0, 0.05) is 18.7 Å². The first-order valence-electron chi connectivity index (χ1n) is 6.65. The number of carbonyl (C=O) groups excluding carboxylic acids is 2. The van der Waals surface area contributed by atoms with Crippen molar-refractivity contribution in [1.82, 2.24) is 10.6 Å². The van der Waals surface area contributed by atoms with Gasteiger partial charge in [0.15, 0.2) is 0 Å². The molecule has 7 heteroatoms. The molecule has 0 aliphatic carbocycles. The van der Waals surface area contributed by atoms with Gasteiger partial charge in [0.1, 0.15) is 5.75 Å². The SMILES string of the molecule is CCCC(N)C(=O)NCCNC(=O)c1ccc(O)cc1.Cl. The van der Waals surface area contributed by atoms with E-state index in [9.17, 15) is 9.59 Å². The van der Waals surface area contributed by atoms with Crippen LogP contribution in [0.15, 0.2) is 24.3 Å². The predicted octanol–water partition coefficient (Wildman–Crippen LogP) is 0.787. The van der Waals surface area contributed by atoms with Gasteiger partial charge in [0.25, 0.3) is 5.91 Å². The monoisotopic (exact) mass is 315 g/mol. The van der Waals surface area contributed by atoms with Crippen molar-refractivity contribution in [2.24, 2.45) is 5.73 Å². The molecule has 118 valence electrons. The third kappa shape index (κ3) is 6.97. The molecule has 2 amide bonds. The van der Waals surface area contributed by atoms with Crippen molar-refractivity contribution in [2.75, 3.05) is 13.1 Å². The average molecular weight is 316 g/mol. The van der Waals surface area contributed by atoms with E-state index in [1.807, 2.05) is 6.92 Å². The van der Waals surface area contributed by atoms with Crippen LogP contribution < -0.4 is 16.4 Å². The molecule has 0 saturated carbocycles. The van der Waals surface area contributed by atoms with Gasteiger partial charge >= 0.3 is 0 Å². The molecule has 1 atom stereocenters. The average Bonchev–Trinajstić information content (AvgIpc) is 2.44. The minimum Gasteiger partial charge on any atom is -0.508 e. The number of rotatable bonds is 7. The summed E-state index contributed by atoms with van der Waals surface area (Å²) in [6.45, 7) is 2.62. The smallest absolute Gasteiger partial charge is 0.251 e. The number of nitrogens with one attached hydrogen (secondary N) is 2. The molecule has 5 N–H and O–H groups in total. The van der Waals surface area contributed by atoms with Gasteiger partial charge in [-0.15, -0.1) is 12.4 Å². The summed E-state index contributed by atoms with van der Waals surface area (Å²) in [5.41, 5.74) is 6.11. The number of hydrogen-bond donors (Lipinski definition) is 4. The van der Waals surface area contributed by atoms with Crippen LogP contribution in [0.4, 0.5) is 0 Å². The van der Waals surface area contributed by atoms with E-state index in [1.165, 1.54) is 24.3 Å². The number of phenolic OH excluding ortho intramolecular Hbond substituents is 1. The first-order valence-corrected chi connectivity index (χ1v) is 6.65. The van der Waals surface area contributed by atoms with Crippen molar-refractivity contribution in [3.63, 3.8) is 0 Å². The fourth-order valence-corrected chi connectivity index (χ4v) is 1.65. The van der Waals surface area contributed by atoms with Crippen LogP contribution in [0.1, 0.15) is 30.1 Å². The molecule has 0 spiro atoms. The van der Waals surface area contributed by atoms with E-state index in [-0.39, 0.29) is 30.0 Å². The van der Waals surface area contributed by atoms with E-state index < -0.39 is 6.04 Å². The first kappa shape index (κ1) is 19.2. The molecule has 1 rings (SSSR count). The number of aromatic hydroxyl groups is 1. The molecule has 0 bridgehead atoms. The molecule has 1 aromatic rings. The summed E-state index contributed by atoms with van der Waals surface area (Å²) in [7, 11) is 0. The second-order valence-electron chi connectivity index (χ2n) is 4.49. The zero-order valence-electron chi connectivity index (χ0n) is 12.0. The summed E-state index contributed by atoms with van der Waals surface area (Å²) >= 11 is 0. The number of nitrogens with two attached hydrogens (primary N) is 1. The van der Waals surface area contributed by atoms with Crippen molar-refractivity contribution in [3.8, 4) is 5.75 Å². The molecular formula is C14H22ClN3O3. The minimum absolute atomic E-state index is 0. The summed E-state index contributed by atoms with van der Waals surface area (Å²) in [5.74, 6) is -0.346. The van der Waals surface area contributed by atoms with Crippen molar-refractivity contribution >= 4 is 24.2 Å². The Bertz CT molecular complexity index is 451. The Labute approximate surface area is 130 Å². The third-order valence-electron chi connectivity index (χ3n) is 2.78. The summed E-state index contributed by atoms with van der Waals surface area (Å²) in [4.78, 5) is 23.2. The van der Waals surface area contributed by atoms with Crippen molar-refractivity contribution in [1.29, 1.82) is 0 Å². The molecule has 1 unspecified atom stereocenters. The quantitative estimate of drug-likeness (QED) is 0.558. The lowest BCUT2D eigenvalue weighted by molar-refractivity contribution is -0.122. The Hall–Kier alpha value is -1.79. The van der Waals surface area contributed by atoms with E-state index in [4.69, 9.17) is 10.8 Å². The third-order valence-corrected chi connectivity index (χ3v) is 2.78. The van der Waals surface area contributed by atoms with E-state index >= 15 is 0 Å². The summed E-state index contributed by atoms with van der Waals surface area (Å²) in [6, 6.07) is 5.45. The van der Waals surface area contributed by atoms with Gasteiger partial charge in [-0.25, -0.2) is 0 Å². The van der Waals surface area contributed by atoms with Gasteiger partial charge in [-0.3, -0.25) is 9.59 Å². The van der Waals surface area contributed by atoms with Crippen molar-refractivity contribution < 1.29 is 14.7 Å². The summed E-state index contributed by atoms with van der Waals surface area (Å²) < 4.78 is 0. The van der Waals surface area contributed by atoms with Gasteiger partial charge in [-0.1, -0.05) is 13.3 Å². The van der Waals surface area contributed by atoms with Crippen molar-refractivity contribution in [2.45, 2.75) is 25.8 Å². The summed E-state index contributed by atoms with van der Waals surface area (Å²) in [5, 5.41) is 14.5. The van der Waals surface area contributed by atoms with Crippen LogP contribution in [0.5, 0.6) is 5.75 Å². The van der Waals surface area contributed by atoms with E-state index in [2.05, 4.69) is 10.6 Å². The number of phenols is 1. The highest BCUT2D eigenvalue weighted by Crippen LogP contribution is 2.09. The second-order valence-corrected chi connectivity index (χ2v) is 4.49. The largest absolute Gasteiger partial charge is 0.508 e. The molecule has 0 fully saturated rings. The zero-order valence-corrected chi connectivity index (χ0v) is 12.8. The van der Waals surface area contributed by atoms with Crippen molar-refractivity contribution in [3.05, 3.63) is 29.8 Å². The van der Waals surface area contributed by atoms with E-state index in [1.54, 1.807) is 0 Å². The predicted molar refractivity (Wildman–Crippen MR) is 83.6 cm³/mol. The van der Waals surface area contributed by atoms with Crippen LogP contribution >= 0.6 is 12.4 Å².